The third-order valence-corrected chi connectivity index (χ3v) is 3.65. The summed E-state index contributed by atoms with van der Waals surface area (Å²) in [5.74, 6) is 0.756. The summed E-state index contributed by atoms with van der Waals surface area (Å²) in [6.07, 6.45) is 1.51. The molecule has 1 aliphatic rings. The third-order valence-electron chi connectivity index (χ3n) is 3.65. The Balaban J connectivity index is 1.99. The van der Waals surface area contributed by atoms with Gasteiger partial charge in [0.05, 0.1) is 17.6 Å². The molecule has 4 rings (SSSR count). The van der Waals surface area contributed by atoms with Crippen LogP contribution in [0.2, 0.25) is 0 Å². The van der Waals surface area contributed by atoms with Gasteiger partial charge in [0.2, 0.25) is 5.43 Å². The summed E-state index contributed by atoms with van der Waals surface area (Å²) >= 11 is 0. The maximum Gasteiger partial charge on any atom is 0.200 e. The summed E-state index contributed by atoms with van der Waals surface area (Å²) in [4.78, 5) is 12.7. The first-order chi connectivity index (χ1) is 10.3. The molecule has 0 unspecified atom stereocenters. The highest BCUT2D eigenvalue weighted by molar-refractivity contribution is 5.82. The van der Waals surface area contributed by atoms with Gasteiger partial charge in [0.15, 0.2) is 6.79 Å². The molecule has 0 N–H and O–H groups in total. The molecule has 0 amide bonds. The van der Waals surface area contributed by atoms with Crippen molar-refractivity contribution in [1.29, 1.82) is 0 Å². The zero-order chi connectivity index (χ0) is 14.2. The lowest BCUT2D eigenvalue weighted by molar-refractivity contribution is -0.0160. The summed E-state index contributed by atoms with van der Waals surface area (Å²) in [6, 6.07) is 12.9. The van der Waals surface area contributed by atoms with Crippen LogP contribution in [0.3, 0.4) is 0 Å². The number of fused-ring (bicyclic) bond motifs is 2. The lowest BCUT2D eigenvalue weighted by Crippen LogP contribution is -2.14. The van der Waals surface area contributed by atoms with Gasteiger partial charge in [-0.1, -0.05) is 24.3 Å². The van der Waals surface area contributed by atoms with E-state index < -0.39 is 0 Å². The van der Waals surface area contributed by atoms with Crippen LogP contribution < -0.4 is 10.2 Å². The van der Waals surface area contributed by atoms with Crippen molar-refractivity contribution in [3.63, 3.8) is 0 Å². The second-order valence-electron chi connectivity index (χ2n) is 4.87. The summed E-state index contributed by atoms with van der Waals surface area (Å²) in [6.45, 7) is 0.667. The highest BCUT2D eigenvalue weighted by Gasteiger charge is 2.18. The Morgan fingerprint density at radius 1 is 0.952 bits per heavy atom. The molecule has 1 aromatic heterocycles. The first-order valence-electron chi connectivity index (χ1n) is 6.68. The van der Waals surface area contributed by atoms with E-state index in [9.17, 15) is 4.79 Å². The number of ether oxygens (including phenoxy) is 2. The normalized spacial score (nSPS) is 13.7. The molecule has 0 aliphatic carbocycles. The number of para-hydroxylation sites is 1. The molecule has 0 saturated carbocycles. The van der Waals surface area contributed by atoms with Crippen LogP contribution in [0.1, 0.15) is 5.56 Å². The smallest absolute Gasteiger partial charge is 0.200 e. The molecule has 21 heavy (non-hydrogen) atoms. The maximum atomic E-state index is 12.7. The van der Waals surface area contributed by atoms with Crippen LogP contribution >= 0.6 is 0 Å². The van der Waals surface area contributed by atoms with Crippen LogP contribution in [-0.4, -0.2) is 6.79 Å². The van der Waals surface area contributed by atoms with E-state index in [2.05, 4.69) is 0 Å². The third kappa shape index (κ3) is 1.92. The maximum absolute atomic E-state index is 12.7. The van der Waals surface area contributed by atoms with Crippen molar-refractivity contribution in [2.45, 2.75) is 6.61 Å². The Morgan fingerprint density at radius 2 is 1.86 bits per heavy atom. The highest BCUT2D eigenvalue weighted by atomic mass is 16.7. The topological polar surface area (TPSA) is 48.7 Å². The van der Waals surface area contributed by atoms with Gasteiger partial charge in [-0.2, -0.15) is 0 Å². The molecule has 3 aromatic rings. The van der Waals surface area contributed by atoms with Gasteiger partial charge in [-0.3, -0.25) is 4.79 Å². The van der Waals surface area contributed by atoms with E-state index in [-0.39, 0.29) is 12.2 Å². The van der Waals surface area contributed by atoms with E-state index >= 15 is 0 Å². The first kappa shape index (κ1) is 12.2. The van der Waals surface area contributed by atoms with Crippen molar-refractivity contribution < 1.29 is 13.9 Å². The van der Waals surface area contributed by atoms with E-state index in [1.165, 1.54) is 6.26 Å². The van der Waals surface area contributed by atoms with Crippen molar-refractivity contribution in [3.8, 4) is 16.9 Å². The molecule has 0 radical (unpaired) electrons. The lowest BCUT2D eigenvalue weighted by atomic mass is 9.99. The van der Waals surface area contributed by atoms with Gasteiger partial charge in [0.25, 0.3) is 0 Å². The van der Waals surface area contributed by atoms with E-state index in [0.717, 1.165) is 16.9 Å². The Hall–Kier alpha value is -2.59. The van der Waals surface area contributed by atoms with Crippen LogP contribution in [0.4, 0.5) is 0 Å². The summed E-state index contributed by atoms with van der Waals surface area (Å²) in [5, 5.41) is 0.574. The van der Waals surface area contributed by atoms with Gasteiger partial charge in [0, 0.05) is 5.56 Å². The zero-order valence-corrected chi connectivity index (χ0v) is 11.2. The first-order valence-corrected chi connectivity index (χ1v) is 6.68. The standard InChI is InChI=1S/C17H12O4/c18-17-12-4-1-2-6-15(12)20-9-14(17)11-5-3-7-16-13(11)8-19-10-21-16/h1-7,9H,8,10H2. The minimum atomic E-state index is -0.0455. The van der Waals surface area contributed by atoms with Gasteiger partial charge in [0.1, 0.15) is 17.6 Å². The Bertz CT molecular complexity index is 879. The monoisotopic (exact) mass is 280 g/mol. The summed E-state index contributed by atoms with van der Waals surface area (Å²) < 4.78 is 16.4. The molecular formula is C17H12O4. The van der Waals surface area contributed by atoms with Gasteiger partial charge >= 0.3 is 0 Å². The quantitative estimate of drug-likeness (QED) is 0.686. The molecule has 104 valence electrons. The fraction of sp³-hybridized carbons (Fsp3) is 0.118. The average Bonchev–Trinajstić information content (AvgIpc) is 2.55. The second-order valence-corrected chi connectivity index (χ2v) is 4.87. The predicted octanol–water partition coefficient (Wildman–Crippen LogP) is 3.33. The average molecular weight is 280 g/mol. The Kier molecular flexibility index (Phi) is 2.75. The molecule has 0 atom stereocenters. The van der Waals surface area contributed by atoms with Crippen molar-refractivity contribution in [1.82, 2.24) is 0 Å². The molecule has 2 aromatic carbocycles. The zero-order valence-electron chi connectivity index (χ0n) is 11.2. The fourth-order valence-corrected chi connectivity index (χ4v) is 2.61. The molecule has 4 nitrogen and oxygen atoms in total. The van der Waals surface area contributed by atoms with E-state index in [1.807, 2.05) is 30.3 Å². The van der Waals surface area contributed by atoms with Crippen molar-refractivity contribution >= 4 is 11.0 Å². The van der Waals surface area contributed by atoms with Crippen molar-refractivity contribution in [2.75, 3.05) is 6.79 Å². The van der Waals surface area contributed by atoms with E-state index in [1.54, 1.807) is 12.1 Å². The van der Waals surface area contributed by atoms with Crippen molar-refractivity contribution in [2.24, 2.45) is 0 Å². The number of hydrogen-bond donors (Lipinski definition) is 0. The van der Waals surface area contributed by atoms with Gasteiger partial charge in [-0.15, -0.1) is 0 Å². The Labute approximate surface area is 120 Å². The second kappa shape index (κ2) is 4.75. The Morgan fingerprint density at radius 3 is 2.81 bits per heavy atom. The van der Waals surface area contributed by atoms with Crippen LogP contribution in [0, 0.1) is 0 Å². The number of benzene rings is 2. The van der Waals surface area contributed by atoms with Gasteiger partial charge in [-0.25, -0.2) is 0 Å². The molecule has 0 spiro atoms. The van der Waals surface area contributed by atoms with Crippen LogP contribution in [0.15, 0.2) is 57.9 Å². The minimum Gasteiger partial charge on any atom is -0.467 e. The molecule has 4 heteroatoms. The minimum absolute atomic E-state index is 0.0455. The van der Waals surface area contributed by atoms with Gasteiger partial charge < -0.3 is 13.9 Å². The number of hydrogen-bond acceptors (Lipinski definition) is 4. The summed E-state index contributed by atoms with van der Waals surface area (Å²) in [5.41, 5.74) is 2.75. The van der Waals surface area contributed by atoms with Crippen LogP contribution in [-0.2, 0) is 11.3 Å². The van der Waals surface area contributed by atoms with Crippen LogP contribution in [0.5, 0.6) is 5.75 Å². The molecule has 2 heterocycles. The molecule has 0 fully saturated rings. The van der Waals surface area contributed by atoms with E-state index in [0.29, 0.717) is 23.1 Å². The number of rotatable bonds is 1. The molecular weight excluding hydrogens is 268 g/mol. The lowest BCUT2D eigenvalue weighted by Gasteiger charge is -2.20. The highest BCUT2D eigenvalue weighted by Crippen LogP contribution is 2.32. The fourth-order valence-electron chi connectivity index (χ4n) is 2.61. The largest absolute Gasteiger partial charge is 0.467 e. The predicted molar refractivity (Wildman–Crippen MR) is 78.2 cm³/mol. The molecule has 0 saturated heterocycles. The van der Waals surface area contributed by atoms with E-state index in [4.69, 9.17) is 13.9 Å². The van der Waals surface area contributed by atoms with Crippen LogP contribution in [0.25, 0.3) is 22.1 Å². The summed E-state index contributed by atoms with van der Waals surface area (Å²) in [7, 11) is 0. The SMILES string of the molecule is O=c1c(-c2cccc3c2COCO3)coc2ccccc12. The molecule has 0 bridgehead atoms. The van der Waals surface area contributed by atoms with Crippen molar-refractivity contribution in [3.05, 3.63) is 64.5 Å². The molecule has 1 aliphatic heterocycles. The van der Waals surface area contributed by atoms with Gasteiger partial charge in [-0.05, 0) is 23.8 Å².